The summed E-state index contributed by atoms with van der Waals surface area (Å²) in [4.78, 5) is 0.254. The fourth-order valence-electron chi connectivity index (χ4n) is 2.69. The Morgan fingerprint density at radius 1 is 1.22 bits per heavy atom. The highest BCUT2D eigenvalue weighted by Crippen LogP contribution is 2.26. The molecule has 1 aliphatic rings. The monoisotopic (exact) mass is 331 g/mol. The predicted octanol–water partition coefficient (Wildman–Crippen LogP) is 1.25. The van der Waals surface area contributed by atoms with E-state index in [2.05, 4.69) is 10.5 Å². The molecule has 1 aliphatic carbocycles. The van der Waals surface area contributed by atoms with Gasteiger partial charge in [-0.15, -0.1) is 0 Å². The summed E-state index contributed by atoms with van der Waals surface area (Å²) < 4.78 is 26.9. The van der Waals surface area contributed by atoms with Crippen molar-refractivity contribution in [2.75, 3.05) is 0 Å². The molecule has 0 radical (unpaired) electrons. The van der Waals surface area contributed by atoms with Gasteiger partial charge < -0.3 is 5.73 Å². The molecule has 4 N–H and O–H groups in total. The summed E-state index contributed by atoms with van der Waals surface area (Å²) in [6, 6.07) is 10.1. The van der Waals surface area contributed by atoms with E-state index in [1.165, 1.54) is 3.97 Å². The molecule has 0 fully saturated rings. The molecule has 3 rings (SSSR count). The number of nitrogens with one attached hydrogen (secondary N) is 2. The lowest BCUT2D eigenvalue weighted by molar-refractivity contribution is 0.584. The molecule has 0 unspecified atom stereocenters. The van der Waals surface area contributed by atoms with E-state index >= 15 is 0 Å². The summed E-state index contributed by atoms with van der Waals surface area (Å²) in [5, 5.41) is 11.3. The highest BCUT2D eigenvalue weighted by atomic mass is 32.2. The molecule has 1 heterocycles. The lowest BCUT2D eigenvalue weighted by Crippen LogP contribution is -2.28. The van der Waals surface area contributed by atoms with Gasteiger partial charge in [0.1, 0.15) is 0 Å². The van der Waals surface area contributed by atoms with Crippen molar-refractivity contribution in [1.29, 1.82) is 5.41 Å². The van der Waals surface area contributed by atoms with Crippen LogP contribution >= 0.6 is 0 Å². The molecule has 8 heteroatoms. The molecule has 0 aliphatic heterocycles. The maximum Gasteiger partial charge on any atom is 0.267 e. The maximum absolute atomic E-state index is 12.8. The second-order valence-electron chi connectivity index (χ2n) is 5.23. The first-order valence-electron chi connectivity index (χ1n) is 7.18. The van der Waals surface area contributed by atoms with Gasteiger partial charge in [-0.25, -0.2) is 17.8 Å². The third kappa shape index (κ3) is 2.85. The number of nitrogens with zero attached hydrogens (tertiary/aromatic N) is 2. The number of benzene rings is 1. The van der Waals surface area contributed by atoms with Crippen molar-refractivity contribution in [2.24, 2.45) is 10.8 Å². The number of guanidine groups is 1. The molecule has 0 spiro atoms. The molecular weight excluding hydrogens is 314 g/mol. The van der Waals surface area contributed by atoms with Gasteiger partial charge in [0.2, 0.25) is 5.96 Å². The number of hydrazone groups is 1. The van der Waals surface area contributed by atoms with Crippen LogP contribution in [-0.2, 0) is 16.4 Å². The molecule has 0 saturated carbocycles. The molecule has 1 aromatic heterocycles. The number of hydrogen-bond acceptors (Lipinski definition) is 4. The Hall–Kier alpha value is -2.61. The first kappa shape index (κ1) is 15.3. The first-order chi connectivity index (χ1) is 11.0. The zero-order chi connectivity index (χ0) is 16.4. The fourth-order valence-corrected chi connectivity index (χ4v) is 4.12. The molecule has 0 atom stereocenters. The molecule has 0 saturated heterocycles. The van der Waals surface area contributed by atoms with Crippen molar-refractivity contribution in [3.63, 3.8) is 0 Å². The zero-order valence-electron chi connectivity index (χ0n) is 12.4. The highest BCUT2D eigenvalue weighted by Gasteiger charge is 2.26. The normalized spacial score (nSPS) is 16.1. The van der Waals surface area contributed by atoms with Crippen LogP contribution in [0.25, 0.3) is 0 Å². The highest BCUT2D eigenvalue weighted by molar-refractivity contribution is 7.90. The smallest absolute Gasteiger partial charge is 0.267 e. The minimum atomic E-state index is -3.62. The molecule has 0 amide bonds. The van der Waals surface area contributed by atoms with E-state index in [4.69, 9.17) is 11.1 Å². The fraction of sp³-hybridized carbons (Fsp3) is 0.200. The molecular formula is C15H17N5O2S. The number of nitrogens with two attached hydrogens (primary N) is 1. The van der Waals surface area contributed by atoms with Gasteiger partial charge in [0.15, 0.2) is 0 Å². The van der Waals surface area contributed by atoms with Gasteiger partial charge in [-0.2, -0.15) is 5.10 Å². The third-order valence-electron chi connectivity index (χ3n) is 3.70. The van der Waals surface area contributed by atoms with Crippen LogP contribution in [0.5, 0.6) is 0 Å². The average Bonchev–Trinajstić information content (AvgIpc) is 2.99. The van der Waals surface area contributed by atoms with Gasteiger partial charge in [-0.05, 0) is 37.5 Å². The number of fused-ring (bicyclic) bond motifs is 1. The van der Waals surface area contributed by atoms with Crippen molar-refractivity contribution < 1.29 is 8.42 Å². The molecule has 0 bridgehead atoms. The van der Waals surface area contributed by atoms with Crippen molar-refractivity contribution in [2.45, 2.75) is 24.2 Å². The molecule has 7 nitrogen and oxygen atoms in total. The Kier molecular flexibility index (Phi) is 3.91. The molecule has 23 heavy (non-hydrogen) atoms. The van der Waals surface area contributed by atoms with E-state index in [9.17, 15) is 8.42 Å². The van der Waals surface area contributed by atoms with E-state index < -0.39 is 10.0 Å². The predicted molar refractivity (Wildman–Crippen MR) is 88.0 cm³/mol. The quantitative estimate of drug-likeness (QED) is 0.446. The molecule has 120 valence electrons. The van der Waals surface area contributed by atoms with Gasteiger partial charge in [-0.3, -0.25) is 5.41 Å². The minimum absolute atomic E-state index is 0.249. The number of aromatic nitrogens is 1. The number of hydrogen-bond donors (Lipinski definition) is 3. The van der Waals surface area contributed by atoms with E-state index in [0.29, 0.717) is 24.2 Å². The largest absolute Gasteiger partial charge is 0.369 e. The van der Waals surface area contributed by atoms with Gasteiger partial charge in [0.25, 0.3) is 10.0 Å². The van der Waals surface area contributed by atoms with Crippen LogP contribution < -0.4 is 11.2 Å². The van der Waals surface area contributed by atoms with Crippen molar-refractivity contribution >= 4 is 21.7 Å². The summed E-state index contributed by atoms with van der Waals surface area (Å²) in [6.07, 6.45) is 3.72. The summed E-state index contributed by atoms with van der Waals surface area (Å²) in [5.41, 5.74) is 9.88. The van der Waals surface area contributed by atoms with Crippen molar-refractivity contribution in [3.8, 4) is 0 Å². The second kappa shape index (κ2) is 5.88. The van der Waals surface area contributed by atoms with E-state index in [1.54, 1.807) is 42.6 Å². The molecule has 2 aromatic rings. The van der Waals surface area contributed by atoms with E-state index in [0.717, 1.165) is 12.0 Å². The van der Waals surface area contributed by atoms with Crippen molar-refractivity contribution in [3.05, 3.63) is 53.9 Å². The molecule has 1 aromatic carbocycles. The standard InChI is InChI=1S/C15H17N5O2S/c16-15(17)19-18-13-7-4-8-14-12(13)9-10-20(14)23(21,22)11-5-2-1-3-6-11/h1-3,5-6,9-10H,4,7-8H2,(H4,16,17,19)/b18-13+. The minimum Gasteiger partial charge on any atom is -0.369 e. The van der Waals surface area contributed by atoms with Crippen LogP contribution in [0, 0.1) is 5.41 Å². The van der Waals surface area contributed by atoms with E-state index in [1.807, 2.05) is 0 Å². The topological polar surface area (TPSA) is 113 Å². The zero-order valence-corrected chi connectivity index (χ0v) is 13.2. The van der Waals surface area contributed by atoms with Crippen molar-refractivity contribution in [1.82, 2.24) is 9.40 Å². The third-order valence-corrected chi connectivity index (χ3v) is 5.43. The second-order valence-corrected chi connectivity index (χ2v) is 7.04. The Morgan fingerprint density at radius 2 is 1.96 bits per heavy atom. The van der Waals surface area contributed by atoms with Gasteiger partial charge >= 0.3 is 0 Å². The Balaban J connectivity index is 2.05. The number of rotatable bonds is 3. The lowest BCUT2D eigenvalue weighted by atomic mass is 9.96. The SMILES string of the molecule is N=C(N)N/N=C1\CCCc2c1ccn2S(=O)(=O)c1ccccc1. The Bertz CT molecular complexity index is 869. The van der Waals surface area contributed by atoms with Gasteiger partial charge in [0.05, 0.1) is 10.6 Å². The summed E-state index contributed by atoms with van der Waals surface area (Å²) in [6.45, 7) is 0. The summed E-state index contributed by atoms with van der Waals surface area (Å²) >= 11 is 0. The van der Waals surface area contributed by atoms with Crippen LogP contribution in [0.15, 0.2) is 52.6 Å². The first-order valence-corrected chi connectivity index (χ1v) is 8.62. The van der Waals surface area contributed by atoms with E-state index in [-0.39, 0.29) is 10.9 Å². The van der Waals surface area contributed by atoms with Crippen LogP contribution in [0.2, 0.25) is 0 Å². The maximum atomic E-state index is 12.8. The van der Waals surface area contributed by atoms with Crippen LogP contribution in [0.1, 0.15) is 24.1 Å². The summed E-state index contributed by atoms with van der Waals surface area (Å²) in [7, 11) is -3.62. The van der Waals surface area contributed by atoms with Crippen LogP contribution in [-0.4, -0.2) is 24.1 Å². The Labute approximate surface area is 134 Å². The average molecular weight is 331 g/mol. The lowest BCUT2D eigenvalue weighted by Gasteiger charge is -2.17. The van der Waals surface area contributed by atoms with Gasteiger partial charge in [0, 0.05) is 17.5 Å². The van der Waals surface area contributed by atoms with Crippen LogP contribution in [0.4, 0.5) is 0 Å². The van der Waals surface area contributed by atoms with Gasteiger partial charge in [-0.1, -0.05) is 18.2 Å². The van der Waals surface area contributed by atoms with Crippen LogP contribution in [0.3, 0.4) is 0 Å². The Morgan fingerprint density at radius 3 is 2.65 bits per heavy atom. The summed E-state index contributed by atoms with van der Waals surface area (Å²) in [5.74, 6) is -0.249.